The highest BCUT2D eigenvalue weighted by Gasteiger charge is 2.61. The van der Waals surface area contributed by atoms with Gasteiger partial charge in [-0.2, -0.15) is 0 Å². The Morgan fingerprint density at radius 1 is 1.00 bits per heavy atom. The van der Waals surface area contributed by atoms with Crippen molar-refractivity contribution in [1.82, 2.24) is 0 Å². The lowest BCUT2D eigenvalue weighted by Gasteiger charge is -2.61. The average Bonchev–Trinajstić information content (AvgIpc) is 2.93. The summed E-state index contributed by atoms with van der Waals surface area (Å²) >= 11 is 0. The molecule has 2 heteroatoms. The molecule has 0 aromatic heterocycles. The van der Waals surface area contributed by atoms with Gasteiger partial charge in [-0.1, -0.05) is 27.7 Å². The molecule has 0 spiro atoms. The first-order valence-corrected chi connectivity index (χ1v) is 11.1. The van der Waals surface area contributed by atoms with Crippen LogP contribution in [0.3, 0.4) is 0 Å². The summed E-state index contributed by atoms with van der Waals surface area (Å²) in [7, 11) is 0. The minimum absolute atomic E-state index is 0.0729. The molecule has 7 atom stereocenters. The van der Waals surface area contributed by atoms with Crippen LogP contribution in [0, 0.1) is 45.8 Å². The summed E-state index contributed by atoms with van der Waals surface area (Å²) in [6, 6.07) is 0. The van der Waals surface area contributed by atoms with Crippen molar-refractivity contribution < 1.29 is 9.90 Å². The molecule has 26 heavy (non-hydrogen) atoms. The van der Waals surface area contributed by atoms with Crippen LogP contribution in [0.2, 0.25) is 0 Å². The molecule has 0 bridgehead atoms. The Kier molecular flexibility index (Phi) is 4.36. The Morgan fingerprint density at radius 3 is 2.46 bits per heavy atom. The van der Waals surface area contributed by atoms with Crippen molar-refractivity contribution in [3.05, 3.63) is 12.3 Å². The molecule has 0 heterocycles. The zero-order valence-electron chi connectivity index (χ0n) is 17.3. The number of hydrogen-bond donors (Lipinski definition) is 1. The lowest BCUT2D eigenvalue weighted by atomic mass is 9.44. The summed E-state index contributed by atoms with van der Waals surface area (Å²) in [5, 5.41) is 9.41. The summed E-state index contributed by atoms with van der Waals surface area (Å²) in [6.07, 6.45) is 14.1. The van der Waals surface area contributed by atoms with E-state index in [2.05, 4.69) is 27.7 Å². The van der Waals surface area contributed by atoms with Gasteiger partial charge in [0.05, 0.1) is 6.26 Å². The molecule has 2 nitrogen and oxygen atoms in total. The van der Waals surface area contributed by atoms with Crippen molar-refractivity contribution in [2.45, 2.75) is 85.5 Å². The first-order valence-electron chi connectivity index (χ1n) is 11.1. The van der Waals surface area contributed by atoms with E-state index >= 15 is 0 Å². The Hall–Kier alpha value is -0.790. The zero-order valence-corrected chi connectivity index (χ0v) is 17.3. The Morgan fingerprint density at radius 2 is 1.73 bits per heavy atom. The molecule has 4 fully saturated rings. The summed E-state index contributed by atoms with van der Waals surface area (Å²) in [5.74, 6) is 4.38. The molecule has 2 unspecified atom stereocenters. The van der Waals surface area contributed by atoms with Crippen LogP contribution in [0.4, 0.5) is 0 Å². The molecule has 0 saturated heterocycles. The van der Waals surface area contributed by atoms with E-state index in [9.17, 15) is 9.90 Å². The average molecular weight is 359 g/mol. The number of aliphatic hydroxyl groups excluding tert-OH is 1. The van der Waals surface area contributed by atoms with Gasteiger partial charge in [0.2, 0.25) is 0 Å². The first kappa shape index (κ1) is 18.6. The highest BCUT2D eigenvalue weighted by molar-refractivity contribution is 5.79. The van der Waals surface area contributed by atoms with Gasteiger partial charge in [0.15, 0.2) is 0 Å². The van der Waals surface area contributed by atoms with Crippen molar-refractivity contribution >= 4 is 5.78 Å². The van der Waals surface area contributed by atoms with Crippen LogP contribution >= 0.6 is 0 Å². The van der Waals surface area contributed by atoms with Gasteiger partial charge in [0.25, 0.3) is 0 Å². The second-order valence-electron chi connectivity index (χ2n) is 11.2. The molecule has 0 radical (unpaired) electrons. The topological polar surface area (TPSA) is 37.3 Å². The minimum atomic E-state index is 0.0729. The van der Waals surface area contributed by atoms with Crippen LogP contribution in [0.25, 0.3) is 0 Å². The van der Waals surface area contributed by atoms with E-state index in [0.717, 1.165) is 37.0 Å². The largest absolute Gasteiger partial charge is 0.516 e. The molecule has 0 aliphatic heterocycles. The van der Waals surface area contributed by atoms with Crippen LogP contribution in [0.5, 0.6) is 0 Å². The smallest absolute Gasteiger partial charge is 0.133 e. The fourth-order valence-corrected chi connectivity index (χ4v) is 8.58. The van der Waals surface area contributed by atoms with E-state index in [0.29, 0.717) is 28.4 Å². The number of hydrogen-bond acceptors (Lipinski definition) is 2. The SMILES string of the molecule is CC(C)(C=CO)C1CC[C@H]2[C@@H]3CCC4CC(=O)CC[C@]4(C)[C@@H]3CC[C@]12C. The van der Waals surface area contributed by atoms with Crippen molar-refractivity contribution in [1.29, 1.82) is 0 Å². The molecular weight excluding hydrogens is 320 g/mol. The van der Waals surface area contributed by atoms with Crippen LogP contribution in [-0.4, -0.2) is 10.9 Å². The van der Waals surface area contributed by atoms with Gasteiger partial charge in [-0.3, -0.25) is 4.79 Å². The quantitative estimate of drug-likeness (QED) is 0.587. The maximum absolute atomic E-state index is 12.0. The molecule has 1 N–H and O–H groups in total. The molecule has 0 aromatic carbocycles. The minimum Gasteiger partial charge on any atom is -0.516 e. The number of aliphatic hydroxyl groups is 1. The summed E-state index contributed by atoms with van der Waals surface area (Å²) in [6.45, 7) is 9.73. The van der Waals surface area contributed by atoms with Crippen LogP contribution < -0.4 is 0 Å². The molecule has 4 saturated carbocycles. The number of fused-ring (bicyclic) bond motifs is 5. The third kappa shape index (κ3) is 2.53. The Bertz CT molecular complexity index is 605. The number of Topliss-reactive ketones (excluding diaryl/α,β-unsaturated/α-hetero) is 1. The third-order valence-electron chi connectivity index (χ3n) is 9.88. The third-order valence-corrected chi connectivity index (χ3v) is 9.88. The number of carbonyl (C=O) groups excluding carboxylic acids is 1. The lowest BCUT2D eigenvalue weighted by molar-refractivity contribution is -0.141. The Balaban J connectivity index is 1.61. The molecule has 4 rings (SSSR count). The second kappa shape index (κ2) is 6.11. The van der Waals surface area contributed by atoms with E-state index in [4.69, 9.17) is 0 Å². The molecule has 0 amide bonds. The molecule has 0 aromatic rings. The lowest BCUT2D eigenvalue weighted by Crippen LogP contribution is -2.54. The number of carbonyl (C=O) groups is 1. The van der Waals surface area contributed by atoms with Gasteiger partial charge in [0, 0.05) is 12.8 Å². The van der Waals surface area contributed by atoms with Crippen molar-refractivity contribution in [3.63, 3.8) is 0 Å². The summed E-state index contributed by atoms with van der Waals surface area (Å²) in [5.41, 5.74) is 0.901. The van der Waals surface area contributed by atoms with Gasteiger partial charge in [-0.25, -0.2) is 0 Å². The Labute approximate surface area is 159 Å². The van der Waals surface area contributed by atoms with Crippen molar-refractivity contribution in [3.8, 4) is 0 Å². The highest BCUT2D eigenvalue weighted by Crippen LogP contribution is 2.69. The molecule has 4 aliphatic rings. The van der Waals surface area contributed by atoms with Crippen LogP contribution in [0.1, 0.15) is 85.5 Å². The molecular formula is C24H38O2. The van der Waals surface area contributed by atoms with Crippen molar-refractivity contribution in [2.75, 3.05) is 0 Å². The van der Waals surface area contributed by atoms with Crippen LogP contribution in [-0.2, 0) is 4.79 Å². The van der Waals surface area contributed by atoms with Gasteiger partial charge in [0.1, 0.15) is 5.78 Å². The second-order valence-corrected chi connectivity index (χ2v) is 11.2. The van der Waals surface area contributed by atoms with Crippen LogP contribution in [0.15, 0.2) is 12.3 Å². The molecule has 146 valence electrons. The normalized spacial score (nSPS) is 48.9. The highest BCUT2D eigenvalue weighted by atomic mass is 16.2. The standard InChI is InChI=1S/C24H38O2/c1-22(2,13-14-25)21-8-7-19-18-6-5-16-15-17(26)9-11-23(16,3)20(18)10-12-24(19,21)4/h13-14,16,18-21,25H,5-12,15H2,1-4H3/t16?,18-,19-,20+,21?,23-,24-/m0/s1. The maximum atomic E-state index is 12.0. The van der Waals surface area contributed by atoms with E-state index in [1.54, 1.807) is 0 Å². The number of allylic oxidation sites excluding steroid dienone is 1. The van der Waals surface area contributed by atoms with Gasteiger partial charge >= 0.3 is 0 Å². The van der Waals surface area contributed by atoms with E-state index in [1.807, 2.05) is 6.08 Å². The van der Waals surface area contributed by atoms with Gasteiger partial charge < -0.3 is 5.11 Å². The summed E-state index contributed by atoms with van der Waals surface area (Å²) in [4.78, 5) is 12.0. The number of rotatable bonds is 2. The number of ketones is 1. The molecule has 4 aliphatic carbocycles. The monoisotopic (exact) mass is 358 g/mol. The summed E-state index contributed by atoms with van der Waals surface area (Å²) < 4.78 is 0. The predicted octanol–water partition coefficient (Wildman–Crippen LogP) is 6.31. The first-order chi connectivity index (χ1) is 12.2. The fraction of sp³-hybridized carbons (Fsp3) is 0.875. The predicted molar refractivity (Wildman–Crippen MR) is 106 cm³/mol. The van der Waals surface area contributed by atoms with Gasteiger partial charge in [-0.05, 0) is 96.9 Å². The van der Waals surface area contributed by atoms with E-state index in [1.165, 1.54) is 44.8 Å². The van der Waals surface area contributed by atoms with Crippen molar-refractivity contribution in [2.24, 2.45) is 45.8 Å². The van der Waals surface area contributed by atoms with E-state index in [-0.39, 0.29) is 5.41 Å². The zero-order chi connectivity index (χ0) is 18.7. The van der Waals surface area contributed by atoms with Gasteiger partial charge in [-0.15, -0.1) is 0 Å². The fourth-order valence-electron chi connectivity index (χ4n) is 8.58. The maximum Gasteiger partial charge on any atom is 0.133 e. The van der Waals surface area contributed by atoms with E-state index < -0.39 is 0 Å².